The monoisotopic (exact) mass is 331 g/mol. The highest BCUT2D eigenvalue weighted by atomic mass is 32.1. The lowest BCUT2D eigenvalue weighted by atomic mass is 10.2. The summed E-state index contributed by atoms with van der Waals surface area (Å²) in [5, 5.41) is 8.57. The van der Waals surface area contributed by atoms with E-state index in [2.05, 4.69) is 31.0 Å². The van der Waals surface area contributed by atoms with Crippen LogP contribution < -0.4 is 0 Å². The van der Waals surface area contributed by atoms with E-state index in [-0.39, 0.29) is 5.89 Å². The van der Waals surface area contributed by atoms with Crippen molar-refractivity contribution in [2.24, 2.45) is 0 Å². The summed E-state index contributed by atoms with van der Waals surface area (Å²) in [5.74, 6) is -1.21. The standard InChI is InChI=1S/C14H16F3N3OS/c15-14(16,17)13-19-18-12(21-13)6-2-8-20-7-1-4-10(20)11-5-3-9-22-11/h3,5,9-10H,1-2,4,6-8H2. The molecule has 0 aliphatic carbocycles. The van der Waals surface area contributed by atoms with Gasteiger partial charge in [0, 0.05) is 17.3 Å². The van der Waals surface area contributed by atoms with Gasteiger partial charge in [0.15, 0.2) is 0 Å². The molecule has 0 amide bonds. The van der Waals surface area contributed by atoms with Crippen molar-refractivity contribution in [1.82, 2.24) is 15.1 Å². The number of rotatable bonds is 5. The van der Waals surface area contributed by atoms with Gasteiger partial charge in [-0.05, 0) is 43.8 Å². The molecule has 0 bridgehead atoms. The molecule has 4 nitrogen and oxygen atoms in total. The van der Waals surface area contributed by atoms with Crippen molar-refractivity contribution in [2.75, 3.05) is 13.1 Å². The molecule has 0 aromatic carbocycles. The smallest absolute Gasteiger partial charge is 0.417 e. The third-order valence-electron chi connectivity index (χ3n) is 3.78. The second-order valence-corrected chi connectivity index (χ2v) is 6.29. The molecule has 0 saturated carbocycles. The molecule has 1 aliphatic rings. The van der Waals surface area contributed by atoms with Crippen LogP contribution in [0.3, 0.4) is 0 Å². The summed E-state index contributed by atoms with van der Waals surface area (Å²) in [6, 6.07) is 4.63. The van der Waals surface area contributed by atoms with E-state index in [0.29, 0.717) is 18.9 Å². The zero-order valence-electron chi connectivity index (χ0n) is 11.8. The van der Waals surface area contributed by atoms with Gasteiger partial charge >= 0.3 is 12.1 Å². The molecule has 0 N–H and O–H groups in total. The van der Waals surface area contributed by atoms with Crippen LogP contribution in [0.5, 0.6) is 0 Å². The van der Waals surface area contributed by atoms with Crippen LogP contribution in [0.15, 0.2) is 21.9 Å². The highest BCUT2D eigenvalue weighted by Crippen LogP contribution is 2.34. The van der Waals surface area contributed by atoms with Gasteiger partial charge in [0.25, 0.3) is 0 Å². The number of hydrogen-bond acceptors (Lipinski definition) is 5. The summed E-state index contributed by atoms with van der Waals surface area (Å²) in [5.41, 5.74) is 0. The summed E-state index contributed by atoms with van der Waals surface area (Å²) in [7, 11) is 0. The van der Waals surface area contributed by atoms with Gasteiger partial charge in [-0.15, -0.1) is 21.5 Å². The van der Waals surface area contributed by atoms with Crippen LogP contribution in [-0.2, 0) is 12.6 Å². The van der Waals surface area contributed by atoms with Crippen LogP contribution >= 0.6 is 11.3 Å². The lowest BCUT2D eigenvalue weighted by molar-refractivity contribution is -0.157. The molecule has 2 aromatic rings. The molecule has 8 heteroatoms. The molecular weight excluding hydrogens is 315 g/mol. The summed E-state index contributed by atoms with van der Waals surface area (Å²) in [4.78, 5) is 3.74. The molecule has 0 spiro atoms. The maximum Gasteiger partial charge on any atom is 0.470 e. The number of alkyl halides is 3. The molecule has 1 unspecified atom stereocenters. The second kappa shape index (κ2) is 6.37. The first-order valence-corrected chi connectivity index (χ1v) is 8.09. The Balaban J connectivity index is 1.51. The number of thiophene rings is 1. The maximum atomic E-state index is 12.4. The minimum atomic E-state index is -4.57. The van der Waals surface area contributed by atoms with Crippen molar-refractivity contribution in [3.8, 4) is 0 Å². The summed E-state index contributed by atoms with van der Waals surface area (Å²) in [6.45, 7) is 1.85. The number of halogens is 3. The van der Waals surface area contributed by atoms with Crippen LogP contribution in [0, 0.1) is 0 Å². The molecular formula is C14H16F3N3OS. The van der Waals surface area contributed by atoms with Crippen LogP contribution in [0.4, 0.5) is 13.2 Å². The Morgan fingerprint density at radius 2 is 2.23 bits per heavy atom. The average molecular weight is 331 g/mol. The van der Waals surface area contributed by atoms with Crippen LogP contribution in [0.25, 0.3) is 0 Å². The van der Waals surface area contributed by atoms with Gasteiger partial charge in [-0.1, -0.05) is 6.07 Å². The third kappa shape index (κ3) is 3.49. The van der Waals surface area contributed by atoms with Crippen molar-refractivity contribution in [3.05, 3.63) is 34.2 Å². The Bertz CT molecular complexity index is 597. The molecule has 1 aliphatic heterocycles. The Morgan fingerprint density at radius 1 is 1.36 bits per heavy atom. The van der Waals surface area contributed by atoms with E-state index < -0.39 is 12.1 Å². The van der Waals surface area contributed by atoms with Crippen LogP contribution in [0.1, 0.15) is 42.0 Å². The number of aromatic nitrogens is 2. The van der Waals surface area contributed by atoms with Crippen molar-refractivity contribution < 1.29 is 17.6 Å². The fourth-order valence-electron chi connectivity index (χ4n) is 2.80. The Hall–Kier alpha value is -1.41. The minimum absolute atomic E-state index is 0.0548. The predicted molar refractivity (Wildman–Crippen MR) is 75.5 cm³/mol. The Morgan fingerprint density at radius 3 is 2.91 bits per heavy atom. The summed E-state index contributed by atoms with van der Waals surface area (Å²) in [6.07, 6.45) is -1.19. The number of likely N-dealkylation sites (tertiary alicyclic amines) is 1. The van der Waals surface area contributed by atoms with Gasteiger partial charge in [0.05, 0.1) is 0 Å². The SMILES string of the molecule is FC(F)(F)c1nnc(CCCN2CCCC2c2cccs2)o1. The highest BCUT2D eigenvalue weighted by molar-refractivity contribution is 7.10. The molecule has 3 rings (SSSR count). The molecule has 3 heterocycles. The fraction of sp³-hybridized carbons (Fsp3) is 0.571. The van der Waals surface area contributed by atoms with Crippen molar-refractivity contribution in [1.29, 1.82) is 0 Å². The predicted octanol–water partition coefficient (Wildman–Crippen LogP) is 3.92. The lowest BCUT2D eigenvalue weighted by Crippen LogP contribution is -2.24. The number of hydrogen-bond donors (Lipinski definition) is 0. The van der Waals surface area contributed by atoms with Crippen molar-refractivity contribution in [3.63, 3.8) is 0 Å². The topological polar surface area (TPSA) is 42.2 Å². The van der Waals surface area contributed by atoms with Gasteiger partial charge in [0.1, 0.15) is 0 Å². The number of nitrogens with zero attached hydrogens (tertiary/aromatic N) is 3. The van der Waals surface area contributed by atoms with Gasteiger partial charge in [-0.25, -0.2) is 0 Å². The van der Waals surface area contributed by atoms with E-state index in [1.807, 2.05) is 6.07 Å². The van der Waals surface area contributed by atoms with E-state index >= 15 is 0 Å². The third-order valence-corrected chi connectivity index (χ3v) is 4.75. The molecule has 1 atom stereocenters. The van der Waals surface area contributed by atoms with E-state index in [1.54, 1.807) is 11.3 Å². The lowest BCUT2D eigenvalue weighted by Gasteiger charge is -2.23. The Kier molecular flexibility index (Phi) is 4.49. The van der Waals surface area contributed by atoms with Crippen molar-refractivity contribution >= 4 is 11.3 Å². The zero-order chi connectivity index (χ0) is 15.6. The zero-order valence-corrected chi connectivity index (χ0v) is 12.7. The number of aryl methyl sites for hydroxylation is 1. The van der Waals surface area contributed by atoms with Gasteiger partial charge in [-0.2, -0.15) is 13.2 Å². The fourth-order valence-corrected chi connectivity index (χ4v) is 3.69. The summed E-state index contributed by atoms with van der Waals surface area (Å²) < 4.78 is 41.8. The largest absolute Gasteiger partial charge is 0.470 e. The van der Waals surface area contributed by atoms with E-state index in [1.165, 1.54) is 4.88 Å². The average Bonchev–Trinajstić information content (AvgIpc) is 3.19. The van der Waals surface area contributed by atoms with Gasteiger partial charge in [-0.3, -0.25) is 4.90 Å². The van der Waals surface area contributed by atoms with Crippen LogP contribution in [0.2, 0.25) is 0 Å². The molecule has 2 aromatic heterocycles. The minimum Gasteiger partial charge on any atom is -0.417 e. The molecule has 1 saturated heterocycles. The molecule has 1 fully saturated rings. The van der Waals surface area contributed by atoms with Crippen LogP contribution in [-0.4, -0.2) is 28.2 Å². The highest BCUT2D eigenvalue weighted by Gasteiger charge is 2.38. The molecule has 22 heavy (non-hydrogen) atoms. The van der Waals surface area contributed by atoms with E-state index in [4.69, 9.17) is 0 Å². The molecule has 120 valence electrons. The van der Waals surface area contributed by atoms with Gasteiger partial charge < -0.3 is 4.42 Å². The second-order valence-electron chi connectivity index (χ2n) is 5.31. The van der Waals surface area contributed by atoms with Crippen molar-refractivity contribution in [2.45, 2.75) is 37.9 Å². The molecule has 0 radical (unpaired) electrons. The maximum absolute atomic E-state index is 12.4. The first kappa shape index (κ1) is 15.5. The summed E-state index contributed by atoms with van der Waals surface area (Å²) >= 11 is 1.75. The quantitative estimate of drug-likeness (QED) is 0.833. The Labute approximate surface area is 130 Å². The van der Waals surface area contributed by atoms with E-state index in [9.17, 15) is 13.2 Å². The normalized spacial score (nSPS) is 19.9. The van der Waals surface area contributed by atoms with Gasteiger partial charge in [0.2, 0.25) is 5.89 Å². The van der Waals surface area contributed by atoms with E-state index in [0.717, 1.165) is 25.9 Å². The first-order valence-electron chi connectivity index (χ1n) is 7.21. The first-order chi connectivity index (χ1) is 10.5.